The van der Waals surface area contributed by atoms with Crippen LogP contribution in [0.4, 0.5) is 0 Å². The summed E-state index contributed by atoms with van der Waals surface area (Å²) >= 11 is 0. The number of hydrogen-bond acceptors (Lipinski definition) is 1. The molecule has 0 spiro atoms. The summed E-state index contributed by atoms with van der Waals surface area (Å²) < 4.78 is 0. The third-order valence-corrected chi connectivity index (χ3v) is 2.15. The fourth-order valence-corrected chi connectivity index (χ4v) is 1.56. The van der Waals surface area contributed by atoms with Crippen LogP contribution in [0.1, 0.15) is 19.8 Å². The van der Waals surface area contributed by atoms with Crippen LogP contribution in [0.2, 0.25) is 0 Å². The molecule has 0 saturated carbocycles. The van der Waals surface area contributed by atoms with Crippen LogP contribution in [0.3, 0.4) is 0 Å². The molecule has 0 saturated heterocycles. The summed E-state index contributed by atoms with van der Waals surface area (Å²) in [6.07, 6.45) is 8.71. The van der Waals surface area contributed by atoms with E-state index in [1.54, 1.807) is 0 Å². The molecule has 1 nitrogen and oxygen atoms in total. The zero-order chi connectivity index (χ0) is 8.81. The average molecular weight is 163 g/mol. The molecule has 0 fully saturated rings. The van der Waals surface area contributed by atoms with Crippen molar-refractivity contribution in [1.29, 1.82) is 0 Å². The lowest BCUT2D eigenvalue weighted by molar-refractivity contribution is 0.531. The van der Waals surface area contributed by atoms with Gasteiger partial charge in [0.25, 0.3) is 0 Å². The molecule has 0 aromatic heterocycles. The molecular formula is C11H17N. The van der Waals surface area contributed by atoms with Crippen LogP contribution in [0.5, 0.6) is 0 Å². The number of allylic oxidation sites excluding steroid dienone is 2. The Hall–Kier alpha value is -0.780. The van der Waals surface area contributed by atoms with Gasteiger partial charge in [-0.3, -0.25) is 0 Å². The zero-order valence-electron chi connectivity index (χ0n) is 7.93. The SMILES string of the molecule is CCCC(CNC)C1=C=CC=C1. The molecule has 1 unspecified atom stereocenters. The zero-order valence-corrected chi connectivity index (χ0v) is 7.93. The highest BCUT2D eigenvalue weighted by atomic mass is 14.8. The monoisotopic (exact) mass is 163 g/mol. The lowest BCUT2D eigenvalue weighted by Gasteiger charge is -2.14. The summed E-state index contributed by atoms with van der Waals surface area (Å²) in [6.45, 7) is 3.29. The van der Waals surface area contributed by atoms with Gasteiger partial charge in [0.2, 0.25) is 0 Å². The Morgan fingerprint density at radius 2 is 2.42 bits per heavy atom. The second-order valence-electron chi connectivity index (χ2n) is 3.17. The highest BCUT2D eigenvalue weighted by molar-refractivity contribution is 5.31. The van der Waals surface area contributed by atoms with Crippen molar-refractivity contribution in [1.82, 2.24) is 5.32 Å². The van der Waals surface area contributed by atoms with Crippen LogP contribution in [0.25, 0.3) is 0 Å². The number of rotatable bonds is 5. The third kappa shape index (κ3) is 2.37. The van der Waals surface area contributed by atoms with Crippen molar-refractivity contribution in [2.24, 2.45) is 5.92 Å². The lowest BCUT2D eigenvalue weighted by Crippen LogP contribution is -2.19. The molecule has 1 aliphatic rings. The van der Waals surface area contributed by atoms with Crippen molar-refractivity contribution < 1.29 is 0 Å². The average Bonchev–Trinajstić information content (AvgIpc) is 2.56. The summed E-state index contributed by atoms with van der Waals surface area (Å²) in [6, 6.07) is 0. The lowest BCUT2D eigenvalue weighted by atomic mass is 9.95. The van der Waals surface area contributed by atoms with Gasteiger partial charge in [0.05, 0.1) is 0 Å². The molecule has 0 aliphatic heterocycles. The Morgan fingerprint density at radius 3 is 2.92 bits per heavy atom. The molecule has 1 atom stereocenters. The standard InChI is InChI=1S/C11H17N/c1-3-6-11(9-12-2)10-7-4-5-8-10/h4-5,7,11-12H,3,6,9H2,1-2H3. The van der Waals surface area contributed by atoms with Gasteiger partial charge < -0.3 is 5.32 Å². The van der Waals surface area contributed by atoms with Crippen LogP contribution in [-0.4, -0.2) is 13.6 Å². The summed E-state index contributed by atoms with van der Waals surface area (Å²) in [5.41, 5.74) is 4.62. The Kier molecular flexibility index (Phi) is 3.86. The Labute approximate surface area is 74.9 Å². The van der Waals surface area contributed by atoms with E-state index in [4.69, 9.17) is 0 Å². The molecule has 0 aromatic rings. The van der Waals surface area contributed by atoms with Gasteiger partial charge in [-0.15, -0.1) is 5.73 Å². The van der Waals surface area contributed by atoms with Crippen LogP contribution in [-0.2, 0) is 0 Å². The van der Waals surface area contributed by atoms with Gasteiger partial charge >= 0.3 is 0 Å². The predicted octanol–water partition coefficient (Wildman–Crippen LogP) is 2.27. The summed E-state index contributed by atoms with van der Waals surface area (Å²) in [5.74, 6) is 0.648. The van der Waals surface area contributed by atoms with Crippen molar-refractivity contribution in [2.75, 3.05) is 13.6 Å². The van der Waals surface area contributed by atoms with Crippen LogP contribution >= 0.6 is 0 Å². The summed E-state index contributed by atoms with van der Waals surface area (Å²) in [4.78, 5) is 0. The first-order chi connectivity index (χ1) is 5.88. The molecule has 1 rings (SSSR count). The molecule has 0 heterocycles. The van der Waals surface area contributed by atoms with Gasteiger partial charge in [-0.1, -0.05) is 25.5 Å². The minimum absolute atomic E-state index is 0.648. The first kappa shape index (κ1) is 9.31. The minimum Gasteiger partial charge on any atom is -0.319 e. The normalized spacial score (nSPS) is 16.7. The molecule has 66 valence electrons. The van der Waals surface area contributed by atoms with E-state index in [1.807, 2.05) is 13.1 Å². The molecule has 0 bridgehead atoms. The van der Waals surface area contributed by atoms with Crippen LogP contribution < -0.4 is 5.32 Å². The van der Waals surface area contributed by atoms with Gasteiger partial charge in [-0.05, 0) is 25.1 Å². The van der Waals surface area contributed by atoms with Crippen molar-refractivity contribution in [2.45, 2.75) is 19.8 Å². The van der Waals surface area contributed by atoms with E-state index >= 15 is 0 Å². The van der Waals surface area contributed by atoms with E-state index in [0.29, 0.717) is 5.92 Å². The molecule has 12 heavy (non-hydrogen) atoms. The van der Waals surface area contributed by atoms with E-state index in [-0.39, 0.29) is 0 Å². The fraction of sp³-hybridized carbons (Fsp3) is 0.545. The number of nitrogens with one attached hydrogen (secondary N) is 1. The Balaban J connectivity index is 2.53. The second kappa shape index (κ2) is 4.97. The van der Waals surface area contributed by atoms with Crippen molar-refractivity contribution in [3.8, 4) is 0 Å². The summed E-state index contributed by atoms with van der Waals surface area (Å²) in [5, 5.41) is 3.22. The van der Waals surface area contributed by atoms with Gasteiger partial charge in [0, 0.05) is 12.5 Å². The van der Waals surface area contributed by atoms with E-state index in [0.717, 1.165) is 6.54 Å². The van der Waals surface area contributed by atoms with Gasteiger partial charge in [0.1, 0.15) is 0 Å². The summed E-state index contributed by atoms with van der Waals surface area (Å²) in [7, 11) is 2.01. The molecule has 1 N–H and O–H groups in total. The minimum atomic E-state index is 0.648. The van der Waals surface area contributed by atoms with E-state index in [1.165, 1.54) is 18.4 Å². The molecule has 0 amide bonds. The topological polar surface area (TPSA) is 12.0 Å². The molecule has 1 aliphatic carbocycles. The van der Waals surface area contributed by atoms with Crippen LogP contribution in [0, 0.1) is 5.92 Å². The highest BCUT2D eigenvalue weighted by Crippen LogP contribution is 2.18. The Bertz CT molecular complexity index is 213. The molecule has 0 radical (unpaired) electrons. The number of hydrogen-bond donors (Lipinski definition) is 1. The van der Waals surface area contributed by atoms with Gasteiger partial charge in [-0.2, -0.15) is 0 Å². The predicted molar refractivity (Wildman–Crippen MR) is 53.1 cm³/mol. The van der Waals surface area contributed by atoms with E-state index in [9.17, 15) is 0 Å². The van der Waals surface area contributed by atoms with Crippen molar-refractivity contribution >= 4 is 0 Å². The van der Waals surface area contributed by atoms with E-state index < -0.39 is 0 Å². The van der Waals surface area contributed by atoms with Crippen LogP contribution in [0.15, 0.2) is 29.5 Å². The first-order valence-electron chi connectivity index (χ1n) is 4.66. The molecule has 0 aromatic carbocycles. The highest BCUT2D eigenvalue weighted by Gasteiger charge is 2.10. The quantitative estimate of drug-likeness (QED) is 0.613. The van der Waals surface area contributed by atoms with E-state index in [2.05, 4.69) is 30.1 Å². The maximum Gasteiger partial charge on any atom is 0.00366 e. The van der Waals surface area contributed by atoms with Gasteiger partial charge in [-0.25, -0.2) is 0 Å². The second-order valence-corrected chi connectivity index (χ2v) is 3.17. The maximum atomic E-state index is 3.27. The van der Waals surface area contributed by atoms with Crippen molar-refractivity contribution in [3.05, 3.63) is 29.5 Å². The fourth-order valence-electron chi connectivity index (χ4n) is 1.56. The molecule has 1 heteroatoms. The first-order valence-corrected chi connectivity index (χ1v) is 4.66. The maximum absolute atomic E-state index is 3.27. The Morgan fingerprint density at radius 1 is 1.58 bits per heavy atom. The molecular weight excluding hydrogens is 146 g/mol. The third-order valence-electron chi connectivity index (χ3n) is 2.15. The smallest absolute Gasteiger partial charge is 0.00366 e. The van der Waals surface area contributed by atoms with Crippen molar-refractivity contribution in [3.63, 3.8) is 0 Å². The van der Waals surface area contributed by atoms with Gasteiger partial charge in [0.15, 0.2) is 0 Å². The largest absolute Gasteiger partial charge is 0.319 e.